The second-order valence-corrected chi connectivity index (χ2v) is 5.38. The summed E-state index contributed by atoms with van der Waals surface area (Å²) < 4.78 is 5.18. The van der Waals surface area contributed by atoms with Gasteiger partial charge in [0, 0.05) is 13.0 Å². The number of hydrogen-bond acceptors (Lipinski definition) is 5. The van der Waals surface area contributed by atoms with E-state index in [1.807, 2.05) is 22.6 Å². The average molecular weight is 382 g/mol. The average Bonchev–Trinajstić information content (AvgIpc) is 2.67. The zero-order chi connectivity index (χ0) is 13.3. The normalized spacial score (nSPS) is 19.2. The van der Waals surface area contributed by atoms with Gasteiger partial charge in [-0.3, -0.25) is 9.69 Å². The number of alkyl halides is 1. The lowest BCUT2D eigenvalue weighted by atomic mass is 10.3. The lowest BCUT2D eigenvalue weighted by Gasteiger charge is -2.16. The van der Waals surface area contributed by atoms with Crippen LogP contribution >= 0.6 is 34.2 Å². The number of hydrogen-bond donors (Lipinski definition) is 0. The van der Waals surface area contributed by atoms with Crippen molar-refractivity contribution in [3.05, 3.63) is 15.6 Å². The van der Waals surface area contributed by atoms with Crippen LogP contribution in [0.4, 0.5) is 5.82 Å². The minimum absolute atomic E-state index is 0.0310. The van der Waals surface area contributed by atoms with Gasteiger partial charge in [-0.2, -0.15) is 0 Å². The monoisotopic (exact) mass is 381 g/mol. The third-order valence-electron chi connectivity index (χ3n) is 2.44. The van der Waals surface area contributed by atoms with E-state index < -0.39 is 5.97 Å². The van der Waals surface area contributed by atoms with Crippen LogP contribution in [0.15, 0.2) is 6.20 Å². The van der Waals surface area contributed by atoms with E-state index in [0.717, 1.165) is 0 Å². The van der Waals surface area contributed by atoms with Gasteiger partial charge in [-0.05, 0) is 22.6 Å². The number of halogens is 2. The molecule has 1 fully saturated rings. The van der Waals surface area contributed by atoms with Gasteiger partial charge >= 0.3 is 5.97 Å². The Morgan fingerprint density at radius 3 is 2.94 bits per heavy atom. The molecule has 2 heterocycles. The van der Waals surface area contributed by atoms with Gasteiger partial charge in [0.1, 0.15) is 3.70 Å². The summed E-state index contributed by atoms with van der Waals surface area (Å²) in [6.45, 7) is 0.319. The summed E-state index contributed by atoms with van der Waals surface area (Å²) in [7, 11) is 1.25. The van der Waals surface area contributed by atoms with Crippen LogP contribution in [0.3, 0.4) is 0 Å². The maximum atomic E-state index is 11.8. The molecule has 0 aromatic carbocycles. The fourth-order valence-corrected chi connectivity index (χ4v) is 2.31. The highest BCUT2D eigenvalue weighted by molar-refractivity contribution is 14.1. The van der Waals surface area contributed by atoms with Gasteiger partial charge in [0.25, 0.3) is 0 Å². The second-order valence-electron chi connectivity index (χ2n) is 3.66. The lowest BCUT2D eigenvalue weighted by molar-refractivity contribution is -0.117. The van der Waals surface area contributed by atoms with Crippen LogP contribution in [0.1, 0.15) is 16.9 Å². The van der Waals surface area contributed by atoms with E-state index in [1.165, 1.54) is 18.2 Å². The van der Waals surface area contributed by atoms with Crippen LogP contribution in [0.5, 0.6) is 0 Å². The Morgan fingerprint density at radius 2 is 2.39 bits per heavy atom. The van der Waals surface area contributed by atoms with Crippen molar-refractivity contribution in [1.29, 1.82) is 0 Å². The number of nitrogens with zero attached hydrogens (tertiary/aromatic N) is 3. The van der Waals surface area contributed by atoms with E-state index in [9.17, 15) is 9.59 Å². The van der Waals surface area contributed by atoms with E-state index in [0.29, 0.717) is 10.2 Å². The van der Waals surface area contributed by atoms with Crippen molar-refractivity contribution in [3.63, 3.8) is 0 Å². The largest absolute Gasteiger partial charge is 0.464 e. The van der Waals surface area contributed by atoms with Crippen molar-refractivity contribution in [2.75, 3.05) is 18.6 Å². The zero-order valence-corrected chi connectivity index (χ0v) is 12.3. The summed E-state index contributed by atoms with van der Waals surface area (Å²) in [5, 5.41) is -0.274. The molecule has 0 N–H and O–H groups in total. The Hall–Kier alpha value is -0.960. The molecule has 18 heavy (non-hydrogen) atoms. The number of anilines is 1. The highest BCUT2D eigenvalue weighted by Gasteiger charge is 2.33. The van der Waals surface area contributed by atoms with E-state index in [1.54, 1.807) is 0 Å². The van der Waals surface area contributed by atoms with Crippen LogP contribution < -0.4 is 4.90 Å². The number of ether oxygens (including phenoxy) is 1. The van der Waals surface area contributed by atoms with Crippen molar-refractivity contribution >= 4 is 51.9 Å². The minimum atomic E-state index is -0.623. The van der Waals surface area contributed by atoms with Gasteiger partial charge in [-0.1, -0.05) is 0 Å². The molecule has 0 bridgehead atoms. The molecule has 6 nitrogen and oxygen atoms in total. The van der Waals surface area contributed by atoms with Gasteiger partial charge in [0.2, 0.25) is 5.91 Å². The maximum Gasteiger partial charge on any atom is 0.360 e. The van der Waals surface area contributed by atoms with Crippen LogP contribution in [-0.2, 0) is 9.53 Å². The molecule has 0 aliphatic carbocycles. The standard InChI is InChI=1S/C10H9ClIN3O3/c1-18-10(17)8-9(13-3-6(12)14-8)15-4-5(11)2-7(15)16/h3,5H,2,4H2,1H3. The predicted octanol–water partition coefficient (Wildman–Crippen LogP) is 1.21. The van der Waals surface area contributed by atoms with Gasteiger partial charge in [0.15, 0.2) is 11.5 Å². The van der Waals surface area contributed by atoms with Gasteiger partial charge in [-0.15, -0.1) is 11.6 Å². The zero-order valence-electron chi connectivity index (χ0n) is 9.39. The SMILES string of the molecule is COC(=O)c1nc(I)cnc1N1CC(Cl)CC1=O. The predicted molar refractivity (Wildman–Crippen MR) is 72.7 cm³/mol. The minimum Gasteiger partial charge on any atom is -0.464 e. The summed E-state index contributed by atoms with van der Waals surface area (Å²) in [6, 6.07) is 0. The van der Waals surface area contributed by atoms with Crippen LogP contribution in [0, 0.1) is 3.70 Å². The summed E-state index contributed by atoms with van der Waals surface area (Å²) in [4.78, 5) is 32.9. The third kappa shape index (κ3) is 2.56. The van der Waals surface area contributed by atoms with E-state index >= 15 is 0 Å². The Labute approximate surface area is 122 Å². The first-order chi connectivity index (χ1) is 8.52. The number of methoxy groups -OCH3 is 1. The summed E-state index contributed by atoms with van der Waals surface area (Å²) in [5.41, 5.74) is 0.0310. The number of amides is 1. The fraction of sp³-hybridized carbons (Fsp3) is 0.400. The molecule has 1 aliphatic heterocycles. The third-order valence-corrected chi connectivity index (χ3v) is 3.25. The number of esters is 1. The van der Waals surface area contributed by atoms with Crippen LogP contribution in [-0.4, -0.2) is 40.9 Å². The molecule has 1 aromatic heterocycles. The van der Waals surface area contributed by atoms with E-state index in [2.05, 4.69) is 14.7 Å². The van der Waals surface area contributed by atoms with Crippen molar-refractivity contribution in [2.24, 2.45) is 0 Å². The van der Waals surface area contributed by atoms with Crippen molar-refractivity contribution in [1.82, 2.24) is 9.97 Å². The first-order valence-corrected chi connectivity index (χ1v) is 6.59. The number of rotatable bonds is 2. The summed E-state index contributed by atoms with van der Waals surface area (Å²) in [5.74, 6) is -0.590. The molecule has 0 spiro atoms. The summed E-state index contributed by atoms with van der Waals surface area (Å²) in [6.07, 6.45) is 1.72. The number of carbonyl (C=O) groups is 2. The lowest BCUT2D eigenvalue weighted by Crippen LogP contribution is -2.28. The van der Waals surface area contributed by atoms with Gasteiger partial charge < -0.3 is 4.74 Å². The molecule has 1 saturated heterocycles. The van der Waals surface area contributed by atoms with Crippen molar-refractivity contribution in [2.45, 2.75) is 11.8 Å². The van der Waals surface area contributed by atoms with E-state index in [4.69, 9.17) is 11.6 Å². The molecule has 1 aromatic rings. The molecule has 0 saturated carbocycles. The smallest absolute Gasteiger partial charge is 0.360 e. The Morgan fingerprint density at radius 1 is 1.67 bits per heavy atom. The first-order valence-electron chi connectivity index (χ1n) is 5.08. The van der Waals surface area contributed by atoms with Crippen molar-refractivity contribution in [3.8, 4) is 0 Å². The Kier molecular flexibility index (Phi) is 4.00. The van der Waals surface area contributed by atoms with Crippen LogP contribution in [0.25, 0.3) is 0 Å². The molecule has 1 amide bonds. The molecular weight excluding hydrogens is 372 g/mol. The van der Waals surface area contributed by atoms with E-state index in [-0.39, 0.29) is 29.2 Å². The molecule has 0 radical (unpaired) electrons. The fourth-order valence-electron chi connectivity index (χ4n) is 1.66. The molecule has 2 rings (SSSR count). The van der Waals surface area contributed by atoms with Crippen LogP contribution in [0.2, 0.25) is 0 Å². The Bertz CT molecular complexity index is 511. The summed E-state index contributed by atoms with van der Waals surface area (Å²) >= 11 is 7.85. The number of carbonyl (C=O) groups excluding carboxylic acids is 2. The highest BCUT2D eigenvalue weighted by atomic mass is 127. The van der Waals surface area contributed by atoms with Crippen molar-refractivity contribution < 1.29 is 14.3 Å². The van der Waals surface area contributed by atoms with Gasteiger partial charge in [-0.25, -0.2) is 14.8 Å². The van der Waals surface area contributed by atoms with Gasteiger partial charge in [0.05, 0.1) is 18.7 Å². The Balaban J connectivity index is 2.44. The maximum absolute atomic E-state index is 11.8. The molecule has 1 atom stereocenters. The molecule has 8 heteroatoms. The second kappa shape index (κ2) is 5.35. The highest BCUT2D eigenvalue weighted by Crippen LogP contribution is 2.25. The molecular formula is C10H9ClIN3O3. The molecule has 96 valence electrons. The molecule has 1 aliphatic rings. The quantitative estimate of drug-likeness (QED) is 0.437. The molecule has 1 unspecified atom stereocenters. The number of aromatic nitrogens is 2. The first kappa shape index (κ1) is 13.5. The topological polar surface area (TPSA) is 72.4 Å².